The van der Waals surface area contributed by atoms with Gasteiger partial charge < -0.3 is 15.4 Å². The molecule has 0 radical (unpaired) electrons. The van der Waals surface area contributed by atoms with E-state index < -0.39 is 11.9 Å². The molecule has 4 rings (SSSR count). The quantitative estimate of drug-likeness (QED) is 0.566. The summed E-state index contributed by atoms with van der Waals surface area (Å²) in [6.45, 7) is 0. The number of nitrogens with one attached hydrogen (secondary N) is 3. The zero-order chi connectivity index (χ0) is 21.8. The Labute approximate surface area is 178 Å². The normalized spacial score (nSPS) is 13.3. The Morgan fingerprint density at radius 2 is 1.77 bits per heavy atom. The molecule has 0 aliphatic carbocycles. The van der Waals surface area contributed by atoms with Crippen LogP contribution in [0.1, 0.15) is 21.5 Å². The number of aromatic nitrogens is 1. The molecule has 8 heteroatoms. The summed E-state index contributed by atoms with van der Waals surface area (Å²) in [7, 11) is 1.53. The van der Waals surface area contributed by atoms with Crippen molar-refractivity contribution in [2.45, 2.75) is 0 Å². The van der Waals surface area contributed by atoms with Crippen LogP contribution in [0.3, 0.4) is 0 Å². The molecule has 31 heavy (non-hydrogen) atoms. The number of methoxy groups -OCH3 is 1. The Balaban J connectivity index is 1.45. The second-order valence-corrected chi connectivity index (χ2v) is 6.69. The number of pyridine rings is 1. The van der Waals surface area contributed by atoms with Crippen molar-refractivity contribution in [1.29, 1.82) is 0 Å². The number of fused-ring (bicyclic) bond motifs is 1. The van der Waals surface area contributed by atoms with Crippen LogP contribution in [0.25, 0.3) is 11.6 Å². The van der Waals surface area contributed by atoms with E-state index in [2.05, 4.69) is 20.9 Å². The number of hydrogen-bond acceptors (Lipinski definition) is 5. The molecule has 0 unspecified atom stereocenters. The van der Waals surface area contributed by atoms with Crippen LogP contribution >= 0.6 is 0 Å². The predicted octanol–water partition coefficient (Wildman–Crippen LogP) is 3.54. The van der Waals surface area contributed by atoms with Crippen LogP contribution in [0.5, 0.6) is 5.75 Å². The van der Waals surface area contributed by atoms with Gasteiger partial charge in [-0.2, -0.15) is 0 Å². The number of urea groups is 1. The summed E-state index contributed by atoms with van der Waals surface area (Å²) in [5.41, 5.74) is 3.43. The van der Waals surface area contributed by atoms with E-state index in [1.54, 1.807) is 73.1 Å². The molecule has 3 N–H and O–H groups in total. The maximum absolute atomic E-state index is 12.4. The number of benzene rings is 2. The molecule has 2 aromatic carbocycles. The maximum Gasteiger partial charge on any atom is 0.326 e. The van der Waals surface area contributed by atoms with Crippen LogP contribution in [-0.2, 0) is 4.79 Å². The monoisotopic (exact) mass is 414 g/mol. The van der Waals surface area contributed by atoms with Crippen molar-refractivity contribution in [2.24, 2.45) is 0 Å². The molecular weight excluding hydrogens is 396 g/mol. The minimum absolute atomic E-state index is 0.233. The first-order valence-electron chi connectivity index (χ1n) is 9.37. The van der Waals surface area contributed by atoms with E-state index in [4.69, 9.17) is 4.74 Å². The van der Waals surface area contributed by atoms with Crippen LogP contribution < -0.4 is 20.7 Å². The van der Waals surface area contributed by atoms with Gasteiger partial charge in [-0.3, -0.25) is 19.9 Å². The van der Waals surface area contributed by atoms with Gasteiger partial charge >= 0.3 is 6.03 Å². The summed E-state index contributed by atoms with van der Waals surface area (Å²) < 4.78 is 5.05. The predicted molar refractivity (Wildman–Crippen MR) is 117 cm³/mol. The molecule has 3 aromatic rings. The van der Waals surface area contributed by atoms with Gasteiger partial charge in [0.1, 0.15) is 5.75 Å². The maximum atomic E-state index is 12.4. The average Bonchev–Trinajstić information content (AvgIpc) is 3.08. The summed E-state index contributed by atoms with van der Waals surface area (Å²) in [4.78, 5) is 40.8. The van der Waals surface area contributed by atoms with Crippen LogP contribution in [0.2, 0.25) is 0 Å². The summed E-state index contributed by atoms with van der Waals surface area (Å²) in [6.07, 6.45) is 5.08. The highest BCUT2D eigenvalue weighted by molar-refractivity contribution is 6.35. The highest BCUT2D eigenvalue weighted by Crippen LogP contribution is 2.35. The van der Waals surface area contributed by atoms with Gasteiger partial charge in [0.25, 0.3) is 11.8 Å². The van der Waals surface area contributed by atoms with Gasteiger partial charge in [-0.15, -0.1) is 0 Å². The Hall–Kier alpha value is -4.46. The van der Waals surface area contributed by atoms with Crippen molar-refractivity contribution in [3.8, 4) is 5.75 Å². The van der Waals surface area contributed by atoms with Crippen LogP contribution in [0.15, 0.2) is 67.0 Å². The van der Waals surface area contributed by atoms with Crippen LogP contribution in [0.4, 0.5) is 16.2 Å². The number of carbonyl (C=O) groups excluding carboxylic acids is 3. The van der Waals surface area contributed by atoms with Gasteiger partial charge in [-0.25, -0.2) is 4.79 Å². The van der Waals surface area contributed by atoms with Crippen molar-refractivity contribution in [3.05, 3.63) is 83.7 Å². The summed E-state index contributed by atoms with van der Waals surface area (Å²) in [6, 6.07) is 14.3. The molecule has 154 valence electrons. The molecule has 4 amide bonds. The fourth-order valence-corrected chi connectivity index (χ4v) is 3.12. The average molecular weight is 414 g/mol. The molecule has 0 fully saturated rings. The second-order valence-electron chi connectivity index (χ2n) is 6.69. The van der Waals surface area contributed by atoms with Crippen molar-refractivity contribution in [2.75, 3.05) is 17.7 Å². The zero-order valence-corrected chi connectivity index (χ0v) is 16.5. The highest BCUT2D eigenvalue weighted by Gasteiger charge is 2.24. The summed E-state index contributed by atoms with van der Waals surface area (Å²) in [5.74, 6) is -0.168. The lowest BCUT2D eigenvalue weighted by atomic mass is 10.0. The molecule has 0 atom stereocenters. The lowest BCUT2D eigenvalue weighted by Gasteiger charge is -2.08. The first kappa shape index (κ1) is 19.8. The Kier molecular flexibility index (Phi) is 5.44. The number of amides is 4. The molecule has 1 aliphatic rings. The van der Waals surface area contributed by atoms with Crippen LogP contribution in [0, 0.1) is 0 Å². The third kappa shape index (κ3) is 4.43. The Morgan fingerprint density at radius 1 is 1.03 bits per heavy atom. The molecular formula is C23H18N4O4. The van der Waals surface area contributed by atoms with Crippen molar-refractivity contribution < 1.29 is 19.1 Å². The standard InChI is InChI=1S/C23H18N4O4/c1-31-17-5-2-15(3-6-17)21(28)27-23(30)25-16-4-7-18-19(22(29)26-20(18)13-16)12-14-8-10-24-11-9-14/h2-13H,1H3,(H,26,29)(H2,25,27,28,30)/b19-12-. The van der Waals surface area contributed by atoms with Gasteiger partial charge in [-0.05, 0) is 60.2 Å². The fraction of sp³-hybridized carbons (Fsp3) is 0.0435. The Bertz CT molecular complexity index is 1190. The molecule has 1 aromatic heterocycles. The van der Waals surface area contributed by atoms with Crippen molar-refractivity contribution >= 4 is 40.9 Å². The topological polar surface area (TPSA) is 109 Å². The van der Waals surface area contributed by atoms with E-state index in [1.165, 1.54) is 7.11 Å². The van der Waals surface area contributed by atoms with Gasteiger partial charge in [0.05, 0.1) is 12.8 Å². The molecule has 0 saturated heterocycles. The summed E-state index contributed by atoms with van der Waals surface area (Å²) in [5, 5.41) is 7.65. The SMILES string of the molecule is COc1ccc(C(=O)NC(=O)Nc2ccc3c(c2)NC(=O)/C3=C\c2ccncc2)cc1. The number of imide groups is 1. The van der Waals surface area contributed by atoms with Crippen molar-refractivity contribution in [3.63, 3.8) is 0 Å². The van der Waals surface area contributed by atoms with E-state index in [0.29, 0.717) is 28.3 Å². The number of hydrogen-bond donors (Lipinski definition) is 3. The van der Waals surface area contributed by atoms with Gasteiger partial charge in [0.2, 0.25) is 0 Å². The molecule has 0 saturated carbocycles. The number of anilines is 2. The van der Waals surface area contributed by atoms with E-state index in [-0.39, 0.29) is 5.91 Å². The van der Waals surface area contributed by atoms with E-state index in [1.807, 2.05) is 0 Å². The third-order valence-electron chi connectivity index (χ3n) is 4.66. The lowest BCUT2D eigenvalue weighted by molar-refractivity contribution is -0.110. The van der Waals surface area contributed by atoms with Crippen molar-refractivity contribution in [1.82, 2.24) is 10.3 Å². The minimum Gasteiger partial charge on any atom is -0.497 e. The van der Waals surface area contributed by atoms with E-state index in [0.717, 1.165) is 11.1 Å². The molecule has 0 spiro atoms. The first-order valence-corrected chi connectivity index (χ1v) is 9.37. The molecule has 1 aliphatic heterocycles. The van der Waals surface area contributed by atoms with Crippen LogP contribution in [-0.4, -0.2) is 29.9 Å². The lowest BCUT2D eigenvalue weighted by Crippen LogP contribution is -2.34. The third-order valence-corrected chi connectivity index (χ3v) is 4.66. The number of carbonyl (C=O) groups is 3. The molecule has 0 bridgehead atoms. The van der Waals surface area contributed by atoms with Gasteiger partial charge in [0, 0.05) is 34.8 Å². The van der Waals surface area contributed by atoms with E-state index >= 15 is 0 Å². The summed E-state index contributed by atoms with van der Waals surface area (Å²) >= 11 is 0. The smallest absolute Gasteiger partial charge is 0.326 e. The first-order chi connectivity index (χ1) is 15.0. The molecule has 2 heterocycles. The highest BCUT2D eigenvalue weighted by atomic mass is 16.5. The number of rotatable bonds is 4. The minimum atomic E-state index is -0.683. The van der Waals surface area contributed by atoms with E-state index in [9.17, 15) is 14.4 Å². The molecule has 8 nitrogen and oxygen atoms in total. The largest absolute Gasteiger partial charge is 0.497 e. The zero-order valence-electron chi connectivity index (χ0n) is 16.5. The van der Waals surface area contributed by atoms with Gasteiger partial charge in [0.15, 0.2) is 0 Å². The Morgan fingerprint density at radius 3 is 2.48 bits per heavy atom. The second kappa shape index (κ2) is 8.50. The van der Waals surface area contributed by atoms with Gasteiger partial charge in [-0.1, -0.05) is 6.07 Å². The number of ether oxygens (including phenoxy) is 1. The fourth-order valence-electron chi connectivity index (χ4n) is 3.12. The number of nitrogens with zero attached hydrogens (tertiary/aromatic N) is 1.